The smallest absolute Gasteiger partial charge is 0.316 e. The number of esters is 1. The van der Waals surface area contributed by atoms with Crippen molar-refractivity contribution >= 4 is 17.3 Å². The highest BCUT2D eigenvalue weighted by Gasteiger charge is 2.44. The van der Waals surface area contributed by atoms with Gasteiger partial charge < -0.3 is 18.6 Å². The highest BCUT2D eigenvalue weighted by atomic mass is 32.1. The SMILES string of the molecule is O=C(OCc1csc(-c2ccco2)n1)C1(c2ccc3c(c2)OCCO3)CCCC1. The summed E-state index contributed by atoms with van der Waals surface area (Å²) in [5.74, 6) is 1.96. The van der Waals surface area contributed by atoms with Gasteiger partial charge in [0.2, 0.25) is 0 Å². The molecular weight excluding hydrogens is 390 g/mol. The fraction of sp³-hybridized carbons (Fsp3) is 0.364. The summed E-state index contributed by atoms with van der Waals surface area (Å²) >= 11 is 1.48. The molecule has 1 saturated carbocycles. The Morgan fingerprint density at radius 2 is 1.97 bits per heavy atom. The van der Waals surface area contributed by atoms with Crippen LogP contribution in [-0.2, 0) is 21.6 Å². The summed E-state index contributed by atoms with van der Waals surface area (Å²) in [7, 11) is 0. The minimum atomic E-state index is -0.629. The Bertz CT molecular complexity index is 1000. The first-order chi connectivity index (χ1) is 14.2. The van der Waals surface area contributed by atoms with Gasteiger partial charge in [-0.25, -0.2) is 4.98 Å². The molecule has 0 unspecified atom stereocenters. The van der Waals surface area contributed by atoms with Crippen molar-refractivity contribution in [2.24, 2.45) is 0 Å². The van der Waals surface area contributed by atoms with Gasteiger partial charge >= 0.3 is 5.97 Å². The summed E-state index contributed by atoms with van der Waals surface area (Å²) < 4.78 is 22.5. The van der Waals surface area contributed by atoms with Crippen molar-refractivity contribution < 1.29 is 23.4 Å². The molecular formula is C22H21NO5S. The number of hydrogen-bond acceptors (Lipinski definition) is 7. The van der Waals surface area contributed by atoms with Crippen LogP contribution in [0.15, 0.2) is 46.4 Å². The Labute approximate surface area is 172 Å². The number of fused-ring (bicyclic) bond motifs is 1. The van der Waals surface area contributed by atoms with E-state index >= 15 is 0 Å². The van der Waals surface area contributed by atoms with E-state index in [9.17, 15) is 4.79 Å². The molecule has 1 aliphatic heterocycles. The van der Waals surface area contributed by atoms with Crippen molar-refractivity contribution in [2.75, 3.05) is 13.2 Å². The number of aromatic nitrogens is 1. The number of hydrogen-bond donors (Lipinski definition) is 0. The fourth-order valence-electron chi connectivity index (χ4n) is 4.09. The van der Waals surface area contributed by atoms with E-state index < -0.39 is 5.41 Å². The highest BCUT2D eigenvalue weighted by Crippen LogP contribution is 2.45. The molecule has 150 valence electrons. The number of thiazole rings is 1. The first-order valence-electron chi connectivity index (χ1n) is 9.80. The Hall–Kier alpha value is -2.80. The van der Waals surface area contributed by atoms with E-state index in [-0.39, 0.29) is 12.6 Å². The Balaban J connectivity index is 1.34. The number of carbonyl (C=O) groups excluding carboxylic acids is 1. The maximum atomic E-state index is 13.2. The van der Waals surface area contributed by atoms with Crippen molar-refractivity contribution in [1.29, 1.82) is 0 Å². The Kier molecular flexibility index (Phi) is 4.75. The van der Waals surface area contributed by atoms with Crippen molar-refractivity contribution in [3.05, 3.63) is 53.2 Å². The number of benzene rings is 1. The van der Waals surface area contributed by atoms with Crippen molar-refractivity contribution in [1.82, 2.24) is 4.98 Å². The van der Waals surface area contributed by atoms with Crippen molar-refractivity contribution in [3.63, 3.8) is 0 Å². The Morgan fingerprint density at radius 3 is 2.76 bits per heavy atom. The molecule has 2 aromatic heterocycles. The van der Waals surface area contributed by atoms with Crippen molar-refractivity contribution in [2.45, 2.75) is 37.7 Å². The molecule has 1 aliphatic carbocycles. The third kappa shape index (κ3) is 3.40. The number of carbonyl (C=O) groups is 1. The van der Waals surface area contributed by atoms with E-state index in [1.165, 1.54) is 11.3 Å². The van der Waals surface area contributed by atoms with Gasteiger partial charge in [-0.3, -0.25) is 4.79 Å². The summed E-state index contributed by atoms with van der Waals surface area (Å²) in [5.41, 5.74) is 1.04. The van der Waals surface area contributed by atoms with Crippen LogP contribution in [0.5, 0.6) is 11.5 Å². The lowest BCUT2D eigenvalue weighted by atomic mass is 9.78. The predicted octanol–water partition coefficient (Wildman–Crippen LogP) is 4.73. The van der Waals surface area contributed by atoms with Crippen molar-refractivity contribution in [3.8, 4) is 22.3 Å². The molecule has 3 heterocycles. The zero-order chi connectivity index (χ0) is 19.7. The molecule has 6 nitrogen and oxygen atoms in total. The average Bonchev–Trinajstić information content (AvgIpc) is 3.53. The van der Waals surface area contributed by atoms with E-state index in [2.05, 4.69) is 4.98 Å². The second kappa shape index (κ2) is 7.55. The van der Waals surface area contributed by atoms with Crippen LogP contribution in [0.4, 0.5) is 0 Å². The third-order valence-electron chi connectivity index (χ3n) is 5.58. The molecule has 0 amide bonds. The van der Waals surface area contributed by atoms with Crippen LogP contribution in [0, 0.1) is 0 Å². The quantitative estimate of drug-likeness (QED) is 0.565. The van der Waals surface area contributed by atoms with Gasteiger partial charge in [0, 0.05) is 5.38 Å². The zero-order valence-corrected chi connectivity index (χ0v) is 16.7. The molecule has 0 N–H and O–H groups in total. The molecule has 5 rings (SSSR count). The second-order valence-corrected chi connectivity index (χ2v) is 8.20. The first kappa shape index (κ1) is 18.2. The minimum Gasteiger partial charge on any atom is -0.486 e. The monoisotopic (exact) mass is 411 g/mol. The van der Waals surface area contributed by atoms with Gasteiger partial charge in [0.25, 0.3) is 0 Å². The van der Waals surface area contributed by atoms with Gasteiger partial charge in [-0.05, 0) is 42.7 Å². The standard InChI is InChI=1S/C22H21NO5S/c24-21(28-13-16-14-29-20(23-16)18-4-3-9-25-18)22(7-1-2-8-22)15-5-6-17-19(12-15)27-11-10-26-17/h3-6,9,12,14H,1-2,7-8,10-11,13H2. The van der Waals surface area contributed by atoms with Crippen LogP contribution >= 0.6 is 11.3 Å². The lowest BCUT2D eigenvalue weighted by Crippen LogP contribution is -2.35. The summed E-state index contributed by atoms with van der Waals surface area (Å²) in [5, 5.41) is 2.68. The first-order valence-corrected chi connectivity index (χ1v) is 10.7. The van der Waals surface area contributed by atoms with E-state index in [1.807, 2.05) is 35.7 Å². The Morgan fingerprint density at radius 1 is 1.14 bits per heavy atom. The van der Waals surface area contributed by atoms with Gasteiger partial charge in [0.1, 0.15) is 19.8 Å². The number of nitrogens with zero attached hydrogens (tertiary/aromatic N) is 1. The van der Waals surface area contributed by atoms with Gasteiger partial charge in [-0.15, -0.1) is 11.3 Å². The van der Waals surface area contributed by atoms with Crippen LogP contribution in [0.3, 0.4) is 0 Å². The summed E-state index contributed by atoms with van der Waals surface area (Å²) in [6.07, 6.45) is 5.18. The highest BCUT2D eigenvalue weighted by molar-refractivity contribution is 7.13. The molecule has 1 aromatic carbocycles. The van der Waals surface area contributed by atoms with Gasteiger partial charge in [0.15, 0.2) is 22.3 Å². The number of ether oxygens (including phenoxy) is 3. The average molecular weight is 411 g/mol. The van der Waals surface area contributed by atoms with Gasteiger partial charge in [-0.1, -0.05) is 18.9 Å². The van der Waals surface area contributed by atoms with Gasteiger partial charge in [0.05, 0.1) is 17.4 Å². The zero-order valence-electron chi connectivity index (χ0n) is 15.9. The normalized spacial score (nSPS) is 17.2. The number of rotatable bonds is 5. The van der Waals surface area contributed by atoms with E-state index in [4.69, 9.17) is 18.6 Å². The van der Waals surface area contributed by atoms with Crippen LogP contribution in [-0.4, -0.2) is 24.2 Å². The lowest BCUT2D eigenvalue weighted by Gasteiger charge is -2.28. The maximum absolute atomic E-state index is 13.2. The molecule has 2 aliphatic rings. The van der Waals surface area contributed by atoms with Crippen LogP contribution in [0.1, 0.15) is 36.9 Å². The maximum Gasteiger partial charge on any atom is 0.316 e. The lowest BCUT2D eigenvalue weighted by molar-refractivity contribution is -0.152. The largest absolute Gasteiger partial charge is 0.486 e. The van der Waals surface area contributed by atoms with E-state index in [0.717, 1.165) is 53.5 Å². The minimum absolute atomic E-state index is 0.155. The molecule has 0 spiro atoms. The van der Waals surface area contributed by atoms with E-state index in [0.29, 0.717) is 19.0 Å². The summed E-state index contributed by atoms with van der Waals surface area (Å²) in [6, 6.07) is 9.50. The molecule has 0 atom stereocenters. The third-order valence-corrected chi connectivity index (χ3v) is 6.48. The molecule has 0 bridgehead atoms. The second-order valence-electron chi connectivity index (χ2n) is 7.35. The van der Waals surface area contributed by atoms with E-state index in [1.54, 1.807) is 6.26 Å². The molecule has 7 heteroatoms. The number of furan rings is 1. The summed E-state index contributed by atoms with van der Waals surface area (Å²) in [4.78, 5) is 17.7. The molecule has 1 fully saturated rings. The molecule has 29 heavy (non-hydrogen) atoms. The molecule has 3 aromatic rings. The predicted molar refractivity (Wildman–Crippen MR) is 107 cm³/mol. The van der Waals surface area contributed by atoms with Crippen LogP contribution in [0.2, 0.25) is 0 Å². The molecule has 0 radical (unpaired) electrons. The topological polar surface area (TPSA) is 70.8 Å². The van der Waals surface area contributed by atoms with Crippen LogP contribution in [0.25, 0.3) is 10.8 Å². The summed E-state index contributed by atoms with van der Waals surface area (Å²) in [6.45, 7) is 1.23. The fourth-order valence-corrected chi connectivity index (χ4v) is 4.87. The van der Waals surface area contributed by atoms with Gasteiger partial charge in [-0.2, -0.15) is 0 Å². The molecule has 0 saturated heterocycles. The van der Waals surface area contributed by atoms with Crippen LogP contribution < -0.4 is 9.47 Å².